The average Bonchev–Trinajstić information content (AvgIpc) is 2.58. The summed E-state index contributed by atoms with van der Waals surface area (Å²) in [6.07, 6.45) is 0. The molecule has 13 heavy (non-hydrogen) atoms. The zero-order valence-electron chi connectivity index (χ0n) is 7.03. The van der Waals surface area contributed by atoms with Gasteiger partial charge in [0.25, 0.3) is 0 Å². The molecule has 1 heterocycles. The van der Waals surface area contributed by atoms with Gasteiger partial charge in [0.1, 0.15) is 0 Å². The van der Waals surface area contributed by atoms with Gasteiger partial charge in [-0.25, -0.2) is 0 Å². The van der Waals surface area contributed by atoms with Gasteiger partial charge < -0.3 is 17.0 Å². The van der Waals surface area contributed by atoms with Gasteiger partial charge in [0.15, 0.2) is 0 Å². The van der Waals surface area contributed by atoms with Crippen molar-refractivity contribution in [3.8, 4) is 10.4 Å². The van der Waals surface area contributed by atoms with E-state index in [1.165, 1.54) is 10.4 Å². The van der Waals surface area contributed by atoms with Crippen LogP contribution >= 0.6 is 11.3 Å². The molecule has 0 nitrogen and oxygen atoms in total. The zero-order chi connectivity index (χ0) is 7.52. The average molecular weight is 263 g/mol. The predicted octanol–water partition coefficient (Wildman–Crippen LogP) is -0.162. The third-order valence-electron chi connectivity index (χ3n) is 1.53. The first kappa shape index (κ1) is 13.2. The molecule has 0 bridgehead atoms. The van der Waals surface area contributed by atoms with Crippen LogP contribution in [0.5, 0.6) is 0 Å². The van der Waals surface area contributed by atoms with E-state index in [1.807, 2.05) is 12.1 Å². The first-order valence-electron chi connectivity index (χ1n) is 3.48. The minimum Gasteiger partial charge on any atom is -1.00 e. The fourth-order valence-corrected chi connectivity index (χ4v) is 1.65. The number of halogens is 1. The Kier molecular flexibility index (Phi) is 6.68. The van der Waals surface area contributed by atoms with Crippen molar-refractivity contribution in [3.05, 3.63) is 47.8 Å². The van der Waals surface area contributed by atoms with Crippen molar-refractivity contribution in [2.24, 2.45) is 0 Å². The number of hydrogen-bond acceptors (Lipinski definition) is 1. The van der Waals surface area contributed by atoms with Gasteiger partial charge in [-0.1, -0.05) is 35.9 Å². The van der Waals surface area contributed by atoms with E-state index in [2.05, 4.69) is 35.7 Å². The smallest absolute Gasteiger partial charge is 1.00 e. The Morgan fingerprint density at radius 3 is 2.23 bits per heavy atom. The van der Waals surface area contributed by atoms with E-state index in [4.69, 9.17) is 0 Å². The second-order valence-electron chi connectivity index (χ2n) is 2.28. The maximum Gasteiger partial charge on any atom is 2.00 e. The summed E-state index contributed by atoms with van der Waals surface area (Å²) in [5, 5.41) is 3.07. The zero-order valence-corrected chi connectivity index (χ0v) is 10.9. The number of thiophene rings is 1. The van der Waals surface area contributed by atoms with E-state index in [9.17, 15) is 0 Å². The standard InChI is InChI=1S/C10H7S.BrH.Mg/c1-2-5-9(6-3-1)10-7-4-8-11-10;;/h1-7H;1H;/q-1;;+2/p-1. The van der Waals surface area contributed by atoms with Crippen molar-refractivity contribution in [2.45, 2.75) is 0 Å². The van der Waals surface area contributed by atoms with Gasteiger partial charge in [-0.2, -0.15) is 12.1 Å². The first-order valence-corrected chi connectivity index (χ1v) is 4.30. The van der Waals surface area contributed by atoms with Crippen LogP contribution in [-0.4, -0.2) is 23.1 Å². The molecule has 0 spiro atoms. The molecule has 2 rings (SSSR count). The molecule has 0 amide bonds. The molecule has 0 atom stereocenters. The van der Waals surface area contributed by atoms with Crippen molar-refractivity contribution < 1.29 is 17.0 Å². The largest absolute Gasteiger partial charge is 2.00 e. The van der Waals surface area contributed by atoms with Crippen molar-refractivity contribution in [1.29, 1.82) is 0 Å². The molecular weight excluding hydrogens is 256 g/mol. The molecular formula is C10H7BrMgS. The molecule has 0 fully saturated rings. The quantitative estimate of drug-likeness (QED) is 0.495. The van der Waals surface area contributed by atoms with Gasteiger partial charge in [0.05, 0.1) is 0 Å². The number of rotatable bonds is 1. The monoisotopic (exact) mass is 262 g/mol. The van der Waals surface area contributed by atoms with Gasteiger partial charge in [-0.3, -0.25) is 11.3 Å². The second kappa shape index (κ2) is 6.59. The molecule has 3 heteroatoms. The normalized spacial score (nSPS) is 8.31. The summed E-state index contributed by atoms with van der Waals surface area (Å²) in [5.41, 5.74) is 1.28. The Balaban J connectivity index is 0.000000720. The maximum absolute atomic E-state index is 3.07. The summed E-state index contributed by atoms with van der Waals surface area (Å²) in [4.78, 5) is 1.28. The molecule has 1 aromatic carbocycles. The van der Waals surface area contributed by atoms with Gasteiger partial charge in [-0.05, 0) is 0 Å². The van der Waals surface area contributed by atoms with E-state index in [0.717, 1.165) is 0 Å². The van der Waals surface area contributed by atoms with Gasteiger partial charge in [0.2, 0.25) is 0 Å². The van der Waals surface area contributed by atoms with Crippen LogP contribution in [0.4, 0.5) is 0 Å². The molecule has 0 saturated heterocycles. The summed E-state index contributed by atoms with van der Waals surface area (Å²) >= 11 is 1.65. The molecule has 0 unspecified atom stereocenters. The summed E-state index contributed by atoms with van der Waals surface area (Å²) in [7, 11) is 0. The van der Waals surface area contributed by atoms with Crippen LogP contribution < -0.4 is 17.0 Å². The minimum atomic E-state index is 0. The molecule has 62 valence electrons. The Hall–Kier alpha value is 0.166. The van der Waals surface area contributed by atoms with Crippen LogP contribution in [0.15, 0.2) is 42.5 Å². The molecule has 0 N–H and O–H groups in total. The Morgan fingerprint density at radius 1 is 1.00 bits per heavy atom. The Bertz CT molecular complexity index is 318. The number of hydrogen-bond donors (Lipinski definition) is 0. The molecule has 1 aromatic heterocycles. The molecule has 0 aliphatic rings. The third-order valence-corrected chi connectivity index (χ3v) is 2.38. The summed E-state index contributed by atoms with van der Waals surface area (Å²) in [6.45, 7) is 0. The fraction of sp³-hybridized carbons (Fsp3) is 0. The van der Waals surface area contributed by atoms with Crippen LogP contribution in [0, 0.1) is 5.38 Å². The third kappa shape index (κ3) is 3.42. The minimum absolute atomic E-state index is 0. The second-order valence-corrected chi connectivity index (χ2v) is 3.16. The SMILES string of the molecule is [Br-].[Mg+2].[c-]1ccc(-c2ccccc2)s1. The van der Waals surface area contributed by atoms with E-state index in [-0.39, 0.29) is 40.0 Å². The summed E-state index contributed by atoms with van der Waals surface area (Å²) < 4.78 is 0. The topological polar surface area (TPSA) is 0 Å². The molecule has 2 aromatic rings. The molecule has 0 aliphatic carbocycles. The molecule has 0 radical (unpaired) electrons. The maximum atomic E-state index is 3.07. The van der Waals surface area contributed by atoms with E-state index < -0.39 is 0 Å². The Labute approximate surface area is 109 Å². The van der Waals surface area contributed by atoms with Crippen LogP contribution in [0.1, 0.15) is 0 Å². The van der Waals surface area contributed by atoms with E-state index in [0.29, 0.717) is 0 Å². The van der Waals surface area contributed by atoms with E-state index >= 15 is 0 Å². The van der Waals surface area contributed by atoms with Crippen molar-refractivity contribution in [2.75, 3.05) is 0 Å². The van der Waals surface area contributed by atoms with Gasteiger partial charge in [0, 0.05) is 0 Å². The van der Waals surface area contributed by atoms with Gasteiger partial charge >= 0.3 is 23.1 Å². The molecule has 0 aliphatic heterocycles. The summed E-state index contributed by atoms with van der Waals surface area (Å²) in [6, 6.07) is 14.4. The van der Waals surface area contributed by atoms with Crippen LogP contribution in [0.25, 0.3) is 10.4 Å². The van der Waals surface area contributed by atoms with Crippen molar-refractivity contribution in [1.82, 2.24) is 0 Å². The number of benzene rings is 1. The van der Waals surface area contributed by atoms with Crippen LogP contribution in [0.3, 0.4) is 0 Å². The van der Waals surface area contributed by atoms with Crippen LogP contribution in [-0.2, 0) is 0 Å². The first-order chi connectivity index (χ1) is 5.47. The van der Waals surface area contributed by atoms with Crippen molar-refractivity contribution >= 4 is 34.4 Å². The fourth-order valence-electron chi connectivity index (χ4n) is 0.999. The van der Waals surface area contributed by atoms with Crippen LogP contribution in [0.2, 0.25) is 0 Å². The predicted molar refractivity (Wildman–Crippen MR) is 54.3 cm³/mol. The Morgan fingerprint density at radius 2 is 1.69 bits per heavy atom. The summed E-state index contributed by atoms with van der Waals surface area (Å²) in [5.74, 6) is 0. The van der Waals surface area contributed by atoms with Gasteiger partial charge in [-0.15, -0.1) is 10.3 Å². The van der Waals surface area contributed by atoms with E-state index in [1.54, 1.807) is 11.3 Å². The molecule has 0 saturated carbocycles. The van der Waals surface area contributed by atoms with Crippen molar-refractivity contribution in [3.63, 3.8) is 0 Å².